The molecule has 0 atom stereocenters. The average Bonchev–Trinajstić information content (AvgIpc) is 2.85. The summed E-state index contributed by atoms with van der Waals surface area (Å²) in [6.45, 7) is 0. The first kappa shape index (κ1) is 8.16. The van der Waals surface area contributed by atoms with Gasteiger partial charge in [0, 0.05) is 18.0 Å². The lowest BCUT2D eigenvalue weighted by Gasteiger charge is -2.00. The molecular weight excluding hydrogens is 164 g/mol. The maximum absolute atomic E-state index is 7.14. The molecule has 13 heavy (non-hydrogen) atoms. The Morgan fingerprint density at radius 2 is 2.31 bits per heavy atom. The van der Waals surface area contributed by atoms with Gasteiger partial charge < -0.3 is 5.73 Å². The van der Waals surface area contributed by atoms with Crippen molar-refractivity contribution in [2.24, 2.45) is 5.73 Å². The molecule has 0 unspecified atom stereocenters. The fourth-order valence-electron chi connectivity index (χ4n) is 1.31. The van der Waals surface area contributed by atoms with Crippen LogP contribution in [0.4, 0.5) is 0 Å². The van der Waals surface area contributed by atoms with Crippen molar-refractivity contribution in [2.45, 2.75) is 25.2 Å². The van der Waals surface area contributed by atoms with Gasteiger partial charge in [0.05, 0.1) is 11.5 Å². The monoisotopic (exact) mass is 176 g/mol. The van der Waals surface area contributed by atoms with E-state index in [1.54, 1.807) is 6.33 Å². The van der Waals surface area contributed by atoms with Crippen molar-refractivity contribution < 1.29 is 0 Å². The Morgan fingerprint density at radius 3 is 2.92 bits per heavy atom. The van der Waals surface area contributed by atoms with Crippen LogP contribution < -0.4 is 5.73 Å². The fourth-order valence-corrected chi connectivity index (χ4v) is 1.31. The van der Waals surface area contributed by atoms with Gasteiger partial charge in [0.1, 0.15) is 6.33 Å². The SMILES string of the molecule is N=C(N)Cc1cc(C2CC2)ncn1. The summed E-state index contributed by atoms with van der Waals surface area (Å²) in [5.74, 6) is 0.786. The van der Waals surface area contributed by atoms with E-state index in [9.17, 15) is 0 Å². The number of amidine groups is 1. The molecule has 1 heterocycles. The van der Waals surface area contributed by atoms with E-state index in [0.29, 0.717) is 12.3 Å². The normalized spacial score (nSPS) is 15.7. The molecule has 68 valence electrons. The number of nitrogens with zero attached hydrogens (tertiary/aromatic N) is 2. The number of hydrogen-bond donors (Lipinski definition) is 2. The van der Waals surface area contributed by atoms with Crippen molar-refractivity contribution in [3.05, 3.63) is 23.8 Å². The first-order valence-electron chi connectivity index (χ1n) is 4.39. The molecule has 1 aromatic rings. The minimum atomic E-state index is 0.153. The zero-order valence-electron chi connectivity index (χ0n) is 7.33. The third-order valence-electron chi connectivity index (χ3n) is 2.11. The van der Waals surface area contributed by atoms with Crippen molar-refractivity contribution in [1.82, 2.24) is 9.97 Å². The predicted molar refractivity (Wildman–Crippen MR) is 49.6 cm³/mol. The van der Waals surface area contributed by atoms with Gasteiger partial charge in [0.2, 0.25) is 0 Å². The van der Waals surface area contributed by atoms with Gasteiger partial charge in [0.25, 0.3) is 0 Å². The topological polar surface area (TPSA) is 75.7 Å². The highest BCUT2D eigenvalue weighted by atomic mass is 14.9. The van der Waals surface area contributed by atoms with Crippen LogP contribution in [-0.2, 0) is 6.42 Å². The smallest absolute Gasteiger partial charge is 0.115 e. The summed E-state index contributed by atoms with van der Waals surface area (Å²) < 4.78 is 0. The zero-order valence-corrected chi connectivity index (χ0v) is 7.33. The number of rotatable bonds is 3. The third-order valence-corrected chi connectivity index (χ3v) is 2.11. The molecule has 0 bridgehead atoms. The second-order valence-corrected chi connectivity index (χ2v) is 3.41. The Labute approximate surface area is 76.7 Å². The first-order valence-corrected chi connectivity index (χ1v) is 4.39. The largest absolute Gasteiger partial charge is 0.387 e. The van der Waals surface area contributed by atoms with E-state index in [4.69, 9.17) is 11.1 Å². The molecule has 4 nitrogen and oxygen atoms in total. The van der Waals surface area contributed by atoms with E-state index in [-0.39, 0.29) is 5.84 Å². The maximum Gasteiger partial charge on any atom is 0.115 e. The van der Waals surface area contributed by atoms with Crippen LogP contribution in [0.5, 0.6) is 0 Å². The summed E-state index contributed by atoms with van der Waals surface area (Å²) in [6.07, 6.45) is 4.46. The van der Waals surface area contributed by atoms with Crippen LogP contribution in [0.25, 0.3) is 0 Å². The molecule has 1 aromatic heterocycles. The van der Waals surface area contributed by atoms with Crippen LogP contribution in [0.1, 0.15) is 30.1 Å². The summed E-state index contributed by atoms with van der Waals surface area (Å²) in [6, 6.07) is 1.96. The highest BCUT2D eigenvalue weighted by molar-refractivity contribution is 5.78. The van der Waals surface area contributed by atoms with Gasteiger partial charge >= 0.3 is 0 Å². The molecule has 0 amide bonds. The van der Waals surface area contributed by atoms with Crippen LogP contribution in [0.2, 0.25) is 0 Å². The van der Waals surface area contributed by atoms with E-state index in [1.807, 2.05) is 6.07 Å². The lowest BCUT2D eigenvalue weighted by Crippen LogP contribution is -2.14. The number of nitrogens with one attached hydrogen (secondary N) is 1. The van der Waals surface area contributed by atoms with Crippen LogP contribution in [-0.4, -0.2) is 15.8 Å². The molecule has 1 saturated carbocycles. The van der Waals surface area contributed by atoms with Crippen molar-refractivity contribution >= 4 is 5.84 Å². The number of nitrogens with two attached hydrogens (primary N) is 1. The Kier molecular flexibility index (Phi) is 1.96. The predicted octanol–water partition coefficient (Wildman–Crippen LogP) is 0.832. The van der Waals surface area contributed by atoms with Gasteiger partial charge in [-0.25, -0.2) is 9.97 Å². The summed E-state index contributed by atoms with van der Waals surface area (Å²) >= 11 is 0. The second-order valence-electron chi connectivity index (χ2n) is 3.41. The van der Waals surface area contributed by atoms with E-state index >= 15 is 0 Å². The quantitative estimate of drug-likeness (QED) is 0.529. The average molecular weight is 176 g/mol. The lowest BCUT2D eigenvalue weighted by atomic mass is 10.2. The molecule has 0 saturated heterocycles. The molecule has 0 aliphatic heterocycles. The number of aromatic nitrogens is 2. The Bertz CT molecular complexity index is 330. The van der Waals surface area contributed by atoms with Gasteiger partial charge in [-0.3, -0.25) is 5.41 Å². The molecule has 3 N–H and O–H groups in total. The second kappa shape index (κ2) is 3.12. The van der Waals surface area contributed by atoms with Gasteiger partial charge in [-0.05, 0) is 18.9 Å². The summed E-state index contributed by atoms with van der Waals surface area (Å²) in [4.78, 5) is 8.24. The molecule has 1 fully saturated rings. The van der Waals surface area contributed by atoms with Crippen molar-refractivity contribution in [3.63, 3.8) is 0 Å². The summed E-state index contributed by atoms with van der Waals surface area (Å²) in [7, 11) is 0. The maximum atomic E-state index is 7.14. The van der Waals surface area contributed by atoms with Crippen molar-refractivity contribution in [1.29, 1.82) is 5.41 Å². The van der Waals surface area contributed by atoms with Gasteiger partial charge in [-0.1, -0.05) is 0 Å². The fraction of sp³-hybridized carbons (Fsp3) is 0.444. The van der Waals surface area contributed by atoms with Crippen molar-refractivity contribution in [3.8, 4) is 0 Å². The standard InChI is InChI=1S/C9H12N4/c10-9(11)4-7-3-8(6-1-2-6)13-5-12-7/h3,5-6H,1-2,4H2,(H3,10,11). The van der Waals surface area contributed by atoms with Gasteiger partial charge in [-0.15, -0.1) is 0 Å². The van der Waals surface area contributed by atoms with Crippen molar-refractivity contribution in [2.75, 3.05) is 0 Å². The summed E-state index contributed by atoms with van der Waals surface area (Å²) in [5.41, 5.74) is 7.24. The Balaban J connectivity index is 2.16. The lowest BCUT2D eigenvalue weighted by molar-refractivity contribution is 0.952. The van der Waals surface area contributed by atoms with E-state index in [1.165, 1.54) is 12.8 Å². The van der Waals surface area contributed by atoms with E-state index < -0.39 is 0 Å². The van der Waals surface area contributed by atoms with Gasteiger partial charge in [0.15, 0.2) is 0 Å². The van der Waals surface area contributed by atoms with E-state index in [0.717, 1.165) is 11.4 Å². The zero-order chi connectivity index (χ0) is 9.26. The molecule has 0 aromatic carbocycles. The van der Waals surface area contributed by atoms with Crippen LogP contribution in [0, 0.1) is 5.41 Å². The molecule has 1 aliphatic rings. The van der Waals surface area contributed by atoms with Gasteiger partial charge in [-0.2, -0.15) is 0 Å². The molecule has 2 rings (SSSR count). The molecule has 4 heteroatoms. The third kappa shape index (κ3) is 2.02. The number of hydrogen-bond acceptors (Lipinski definition) is 3. The van der Waals surface area contributed by atoms with Crippen LogP contribution in [0.15, 0.2) is 12.4 Å². The minimum Gasteiger partial charge on any atom is -0.387 e. The highest BCUT2D eigenvalue weighted by Gasteiger charge is 2.25. The molecule has 0 radical (unpaired) electrons. The van der Waals surface area contributed by atoms with Crippen LogP contribution in [0.3, 0.4) is 0 Å². The summed E-state index contributed by atoms with van der Waals surface area (Å²) in [5, 5.41) is 7.14. The minimum absolute atomic E-state index is 0.153. The highest BCUT2D eigenvalue weighted by Crippen LogP contribution is 2.38. The Morgan fingerprint density at radius 1 is 1.54 bits per heavy atom. The molecule has 0 spiro atoms. The van der Waals surface area contributed by atoms with Crippen LogP contribution >= 0.6 is 0 Å². The molecular formula is C9H12N4. The van der Waals surface area contributed by atoms with E-state index in [2.05, 4.69) is 9.97 Å². The first-order chi connectivity index (χ1) is 6.25. The molecule has 1 aliphatic carbocycles. The Hall–Kier alpha value is -1.45.